The van der Waals surface area contributed by atoms with Crippen molar-refractivity contribution >= 4 is 29.1 Å². The number of ether oxygens (including phenoxy) is 6. The van der Waals surface area contributed by atoms with E-state index in [0.29, 0.717) is 108 Å². The number of aryl methyl sites for hydroxylation is 1. The minimum Gasteiger partial charge on any atom is -0.507 e. The van der Waals surface area contributed by atoms with Crippen molar-refractivity contribution in [2.45, 2.75) is 26.2 Å². The number of halogens is 6. The summed E-state index contributed by atoms with van der Waals surface area (Å²) in [7, 11) is 5.97. The number of aromatic hydroxyl groups is 4. The van der Waals surface area contributed by atoms with Crippen molar-refractivity contribution in [2.24, 2.45) is 11.5 Å². The number of carbonyl (C=O) groups excluding carboxylic acids is 3. The smallest absolute Gasteiger partial charge is 0.416 e. The summed E-state index contributed by atoms with van der Waals surface area (Å²) in [6, 6.07) is 88.3. The Labute approximate surface area is 806 Å². The Bertz CT molecular complexity index is 7670. The fraction of sp³-hybridized carbons (Fsp3) is 0.0748. The first kappa shape index (κ1) is 97.5. The molecule has 18 rings (SSSR count). The fourth-order valence-corrected chi connectivity index (χ4v) is 14.2. The van der Waals surface area contributed by atoms with Gasteiger partial charge in [-0.15, -0.1) is 0 Å². The molecule has 142 heavy (non-hydrogen) atoms. The number of alkyl halides is 6. The molecule has 29 nitrogen and oxygen atoms in total. The topological polar surface area (TPSA) is 432 Å². The number of phenols is 4. The summed E-state index contributed by atoms with van der Waals surface area (Å²) in [4.78, 5) is 90.5. The maximum absolute atomic E-state index is 13.3. The molecular weight excluding hydrogens is 1830 g/mol. The molecule has 0 bridgehead atoms. The summed E-state index contributed by atoms with van der Waals surface area (Å²) in [6.07, 6.45) is -9.06. The summed E-state index contributed by atoms with van der Waals surface area (Å²) in [5, 5.41) is 44.8. The van der Waals surface area contributed by atoms with Gasteiger partial charge in [0.25, 0.3) is 5.91 Å². The molecule has 11 N–H and O–H groups in total. The molecule has 3 amide bonds. The van der Waals surface area contributed by atoms with Gasteiger partial charge in [0.2, 0.25) is 11.8 Å². The normalized spacial score (nSPS) is 11.0. The molecule has 0 atom stereocenters. The molecule has 0 aliphatic rings. The Balaban J connectivity index is 0.000000144. The summed E-state index contributed by atoms with van der Waals surface area (Å²) < 4.78 is 113. The quantitative estimate of drug-likeness (QED) is 0.0218. The second-order valence-electron chi connectivity index (χ2n) is 30.9. The molecule has 0 fully saturated rings. The first-order valence-electron chi connectivity index (χ1n) is 42.9. The lowest BCUT2D eigenvalue weighted by Gasteiger charge is -2.17. The number of aromatic nitrogens is 12. The van der Waals surface area contributed by atoms with Gasteiger partial charge in [0, 0.05) is 81.4 Å². The third kappa shape index (κ3) is 23.5. The highest BCUT2D eigenvalue weighted by Gasteiger charge is 2.35. The fourth-order valence-electron chi connectivity index (χ4n) is 14.2. The van der Waals surface area contributed by atoms with E-state index in [1.165, 1.54) is 96.9 Å². The monoisotopic (exact) mass is 1910 g/mol. The Morgan fingerprint density at radius 1 is 0.303 bits per heavy atom. The Kier molecular flexibility index (Phi) is 29.7. The number of hydrogen-bond donors (Lipinski definition) is 8. The van der Waals surface area contributed by atoms with Gasteiger partial charge in [-0.05, 0) is 146 Å². The number of nitrogens with zero attached hydrogens (tertiary/aromatic N) is 12. The minimum atomic E-state index is -4.61. The van der Waals surface area contributed by atoms with Crippen LogP contribution < -0.4 is 50.9 Å². The SMILES string of the molecule is COc1ccc(-c2nc(-c3ccccc3)nc(-c3cc(Oc4ccccc4)c(C(N)=O)cc3Oc3ccccc3)n2)c(O)c1.COc1ccc(-c2nc(-c3ccccc3)nc(-c3ccc(C(F)(F)F)c(C)c3)n2)c(O)c1.COc1ccc(-c2nc(-c3ccccc3)nc(-c3ccc(C(F)(F)F)cc3NC(C)=O)n2)c(O)c1.COc1ccc(-c2nc(-c3ccccc3)nc(-c3ccc(C(N)=O)cc3N)n2)c(O)c1. The Morgan fingerprint density at radius 3 is 0.944 bits per heavy atom. The molecule has 0 spiro atoms. The highest BCUT2D eigenvalue weighted by molar-refractivity contribution is 5.98. The molecule has 4 heterocycles. The van der Waals surface area contributed by atoms with Gasteiger partial charge in [0.1, 0.15) is 69.0 Å². The number of primary amides is 2. The predicted molar refractivity (Wildman–Crippen MR) is 521 cm³/mol. The number of para-hydroxylation sites is 2. The van der Waals surface area contributed by atoms with Crippen molar-refractivity contribution in [1.82, 2.24) is 59.8 Å². The van der Waals surface area contributed by atoms with Gasteiger partial charge in [-0.1, -0.05) is 164 Å². The van der Waals surface area contributed by atoms with Crippen molar-refractivity contribution in [3.05, 3.63) is 349 Å². The van der Waals surface area contributed by atoms with E-state index in [9.17, 15) is 61.2 Å². The molecule has 0 unspecified atom stereocenters. The van der Waals surface area contributed by atoms with Crippen LogP contribution in [0.15, 0.2) is 322 Å². The molecule has 0 radical (unpaired) electrons. The Hall–Kier alpha value is -19.1. The molecule has 14 aromatic carbocycles. The number of anilines is 2. The molecule has 0 aliphatic heterocycles. The van der Waals surface area contributed by atoms with E-state index in [-0.39, 0.29) is 115 Å². The summed E-state index contributed by atoms with van der Waals surface area (Å²) in [5.74, 6) is 3.94. The summed E-state index contributed by atoms with van der Waals surface area (Å²) >= 11 is 0. The van der Waals surface area contributed by atoms with Crippen molar-refractivity contribution in [1.29, 1.82) is 0 Å². The van der Waals surface area contributed by atoms with Crippen LogP contribution in [-0.4, -0.2) is 126 Å². The number of hydrogen-bond acceptors (Lipinski definition) is 26. The molecule has 4 aromatic heterocycles. The molecular formula is C107H82F6N16O13. The van der Waals surface area contributed by atoms with Crippen molar-refractivity contribution < 1.29 is 89.6 Å². The second-order valence-corrected chi connectivity index (χ2v) is 30.9. The zero-order valence-electron chi connectivity index (χ0n) is 75.9. The minimum absolute atomic E-state index is 0.0153. The summed E-state index contributed by atoms with van der Waals surface area (Å²) in [5.41, 5.74) is 22.0. The molecule has 35 heteroatoms. The van der Waals surface area contributed by atoms with Crippen LogP contribution >= 0.6 is 0 Å². The van der Waals surface area contributed by atoms with Gasteiger partial charge in [-0.2, -0.15) is 26.3 Å². The first-order chi connectivity index (χ1) is 68.3. The van der Waals surface area contributed by atoms with E-state index in [4.69, 9.17) is 60.6 Å². The van der Waals surface area contributed by atoms with E-state index >= 15 is 0 Å². The number of rotatable bonds is 23. The van der Waals surface area contributed by atoms with E-state index in [2.05, 4.69) is 50.2 Å². The lowest BCUT2D eigenvalue weighted by Crippen LogP contribution is -2.13. The van der Waals surface area contributed by atoms with Gasteiger partial charge in [-0.3, -0.25) is 14.4 Å². The standard InChI is InChI=1S/C35H26N4O5.C25H19F3N4O3.C24H18F3N3O2.C23H19N5O3/c1-42-25-17-18-26(29(40)19-25)34-37-33(22-11-5-2-6-12-22)38-35(39-34)28-21-30(43-23-13-7-3-8-14-23)27(32(36)41)20-31(28)44-24-15-9-4-10-16-24;1-14(33)29-20-12-16(25(26,27)28)8-10-18(20)23-30-22(15-6-4-3-5-7-15)31-24(32-23)19-11-9-17(35-2)13-21(19)34;1-14-12-16(8-11-19(14)24(25,26)27)22-28-21(15-6-4-3-5-7-15)29-23(30-22)18-10-9-17(32-2)13-20(18)31;1-31-15-8-10-17(19(29)12-15)23-27-21(13-5-3-2-4-6-13)26-22(28-23)16-9-7-14(20(25)30)11-18(16)24/h2-21,40H,1H3,(H2,36,41);3-13,34H,1-2H3,(H,29,33);3-13,31H,1-2H3;2-12,29H,24H2,1H3,(H2,25,30). The van der Waals surface area contributed by atoms with Crippen LogP contribution in [0.4, 0.5) is 37.7 Å². The zero-order valence-corrected chi connectivity index (χ0v) is 75.9. The van der Waals surface area contributed by atoms with E-state index in [1.54, 1.807) is 115 Å². The highest BCUT2D eigenvalue weighted by atomic mass is 19.4. The first-order valence-corrected chi connectivity index (χ1v) is 42.9. The molecule has 0 aliphatic carbocycles. The third-order valence-corrected chi connectivity index (χ3v) is 21.2. The third-order valence-electron chi connectivity index (χ3n) is 21.2. The van der Waals surface area contributed by atoms with Gasteiger partial charge >= 0.3 is 12.4 Å². The number of methoxy groups -OCH3 is 4. The van der Waals surface area contributed by atoms with Crippen LogP contribution in [0.3, 0.4) is 0 Å². The number of nitrogen functional groups attached to an aromatic ring is 1. The maximum Gasteiger partial charge on any atom is 0.416 e. The van der Waals surface area contributed by atoms with Crippen LogP contribution in [0.2, 0.25) is 0 Å². The predicted octanol–water partition coefficient (Wildman–Crippen LogP) is 22.0. The molecule has 18 aromatic rings. The van der Waals surface area contributed by atoms with E-state index in [1.807, 2.05) is 133 Å². The molecule has 710 valence electrons. The van der Waals surface area contributed by atoms with Gasteiger partial charge in [0.15, 0.2) is 69.9 Å². The van der Waals surface area contributed by atoms with Crippen LogP contribution in [0.25, 0.3) is 137 Å². The number of nitrogens with one attached hydrogen (secondary N) is 1. The lowest BCUT2D eigenvalue weighted by atomic mass is 10.0. The van der Waals surface area contributed by atoms with Crippen molar-refractivity contribution in [3.63, 3.8) is 0 Å². The number of nitrogens with two attached hydrogens (primary N) is 3. The van der Waals surface area contributed by atoms with Crippen LogP contribution in [0.5, 0.6) is 69.0 Å². The van der Waals surface area contributed by atoms with E-state index in [0.717, 1.165) is 29.3 Å². The van der Waals surface area contributed by atoms with Crippen LogP contribution in [0.1, 0.15) is 44.3 Å². The van der Waals surface area contributed by atoms with Crippen LogP contribution in [0, 0.1) is 6.92 Å². The lowest BCUT2D eigenvalue weighted by molar-refractivity contribution is -0.138. The average molecular weight is 1910 g/mol. The number of benzene rings is 14. The zero-order chi connectivity index (χ0) is 100. The Morgan fingerprint density at radius 2 is 0.620 bits per heavy atom. The summed E-state index contributed by atoms with van der Waals surface area (Å²) in [6.45, 7) is 2.58. The highest BCUT2D eigenvalue weighted by Crippen LogP contribution is 2.45. The van der Waals surface area contributed by atoms with Gasteiger partial charge < -0.3 is 71.4 Å². The molecule has 0 saturated carbocycles. The molecule has 0 saturated heterocycles. The number of phenolic OH excluding ortho intramolecular Hbond substituents is 4. The van der Waals surface area contributed by atoms with Crippen LogP contribution in [-0.2, 0) is 17.1 Å². The van der Waals surface area contributed by atoms with Gasteiger partial charge in [-0.25, -0.2) is 59.8 Å². The van der Waals surface area contributed by atoms with Crippen molar-refractivity contribution in [3.8, 4) is 206 Å². The second kappa shape index (κ2) is 43.3. The number of carbonyl (C=O) groups is 3. The maximum atomic E-state index is 13.3. The number of amides is 3. The van der Waals surface area contributed by atoms with Crippen molar-refractivity contribution in [2.75, 3.05) is 39.5 Å². The van der Waals surface area contributed by atoms with Gasteiger partial charge in [0.05, 0.1) is 78.6 Å². The largest absolute Gasteiger partial charge is 0.507 e. The van der Waals surface area contributed by atoms with E-state index < -0.39 is 41.2 Å². The average Bonchev–Trinajstić information content (AvgIpc) is 0.775.